The molecule has 2 aromatic rings. The highest BCUT2D eigenvalue weighted by molar-refractivity contribution is 5.95. The van der Waals surface area contributed by atoms with Gasteiger partial charge in [0.1, 0.15) is 6.61 Å². The first-order valence-corrected chi connectivity index (χ1v) is 6.85. The van der Waals surface area contributed by atoms with E-state index < -0.39 is 4.92 Å². The summed E-state index contributed by atoms with van der Waals surface area (Å²) in [4.78, 5) is 22.4. The zero-order valence-electron chi connectivity index (χ0n) is 12.1. The molecule has 114 valence electrons. The lowest BCUT2D eigenvalue weighted by molar-refractivity contribution is -0.385. The molecule has 2 aromatic carbocycles. The van der Waals surface area contributed by atoms with E-state index in [0.29, 0.717) is 12.1 Å². The number of carbonyl (C=O) groups is 1. The molecule has 0 aliphatic heterocycles. The van der Waals surface area contributed by atoms with Crippen molar-refractivity contribution in [3.05, 3.63) is 69.8 Å². The third-order valence-corrected chi connectivity index (χ3v) is 2.99. The van der Waals surface area contributed by atoms with Gasteiger partial charge in [-0.2, -0.15) is 0 Å². The molecule has 6 nitrogen and oxygen atoms in total. The average Bonchev–Trinajstić information content (AvgIpc) is 2.53. The second-order valence-electron chi connectivity index (χ2n) is 4.57. The molecule has 0 spiro atoms. The maximum absolute atomic E-state index is 11.8. The predicted octanol–water partition coefficient (Wildman–Crippen LogP) is 2.92. The van der Waals surface area contributed by atoms with Crippen LogP contribution in [0.25, 0.3) is 0 Å². The van der Waals surface area contributed by atoms with Gasteiger partial charge in [0.25, 0.3) is 5.91 Å². The summed E-state index contributed by atoms with van der Waals surface area (Å²) in [5, 5.41) is 13.7. The minimum atomic E-state index is -0.526. The highest BCUT2D eigenvalue weighted by Gasteiger charge is 2.18. The summed E-state index contributed by atoms with van der Waals surface area (Å²) in [6.45, 7) is 2.48. The molecule has 0 aromatic heterocycles. The van der Waals surface area contributed by atoms with Crippen LogP contribution in [0.1, 0.15) is 22.8 Å². The minimum Gasteiger partial charge on any atom is -0.482 e. The number of rotatable bonds is 6. The number of nitrogens with zero attached hydrogens (tertiary/aromatic N) is 1. The van der Waals surface area contributed by atoms with E-state index in [9.17, 15) is 14.9 Å². The maximum Gasteiger partial charge on any atom is 0.310 e. The van der Waals surface area contributed by atoms with Crippen molar-refractivity contribution >= 4 is 11.6 Å². The average molecular weight is 300 g/mol. The lowest BCUT2D eigenvalue weighted by atomic mass is 10.1. The Balaban J connectivity index is 2.24. The molecule has 0 aliphatic rings. The number of ether oxygens (including phenoxy) is 1. The SMILES string of the molecule is CCNC(=O)c1ccc([N+](=O)[O-])c(OCc2ccccc2)c1. The molecule has 2 rings (SSSR count). The first kappa shape index (κ1) is 15.5. The van der Waals surface area contributed by atoms with Crippen LogP contribution in [0, 0.1) is 10.1 Å². The van der Waals surface area contributed by atoms with Gasteiger partial charge in [-0.1, -0.05) is 30.3 Å². The molecule has 0 fully saturated rings. The van der Waals surface area contributed by atoms with Gasteiger partial charge in [0.05, 0.1) is 4.92 Å². The van der Waals surface area contributed by atoms with Crippen LogP contribution in [0.5, 0.6) is 5.75 Å². The van der Waals surface area contributed by atoms with Crippen LogP contribution in [0.3, 0.4) is 0 Å². The Kier molecular flexibility index (Phi) is 5.08. The Morgan fingerprint density at radius 1 is 1.23 bits per heavy atom. The van der Waals surface area contributed by atoms with Gasteiger partial charge in [0.15, 0.2) is 5.75 Å². The van der Waals surface area contributed by atoms with Gasteiger partial charge < -0.3 is 10.1 Å². The van der Waals surface area contributed by atoms with E-state index in [0.717, 1.165) is 5.56 Å². The summed E-state index contributed by atoms with van der Waals surface area (Å²) in [6.07, 6.45) is 0. The van der Waals surface area contributed by atoms with Crippen molar-refractivity contribution < 1.29 is 14.5 Å². The highest BCUT2D eigenvalue weighted by Crippen LogP contribution is 2.28. The molecule has 1 N–H and O–H groups in total. The summed E-state index contributed by atoms with van der Waals surface area (Å²) in [5.41, 5.74) is 1.06. The van der Waals surface area contributed by atoms with Crippen molar-refractivity contribution in [1.82, 2.24) is 5.32 Å². The van der Waals surface area contributed by atoms with Crippen LogP contribution >= 0.6 is 0 Å². The zero-order valence-corrected chi connectivity index (χ0v) is 12.1. The van der Waals surface area contributed by atoms with E-state index in [1.165, 1.54) is 18.2 Å². The van der Waals surface area contributed by atoms with Gasteiger partial charge in [-0.15, -0.1) is 0 Å². The number of nitro groups is 1. The molecular weight excluding hydrogens is 284 g/mol. The topological polar surface area (TPSA) is 81.5 Å². The highest BCUT2D eigenvalue weighted by atomic mass is 16.6. The maximum atomic E-state index is 11.8. The molecule has 0 heterocycles. The van der Waals surface area contributed by atoms with Crippen LogP contribution in [0.4, 0.5) is 5.69 Å². The smallest absolute Gasteiger partial charge is 0.310 e. The van der Waals surface area contributed by atoms with Crippen molar-refractivity contribution in [2.45, 2.75) is 13.5 Å². The Morgan fingerprint density at radius 3 is 2.59 bits per heavy atom. The normalized spacial score (nSPS) is 10.0. The lowest BCUT2D eigenvalue weighted by Gasteiger charge is -2.09. The standard InChI is InChI=1S/C16H16N2O4/c1-2-17-16(19)13-8-9-14(18(20)21)15(10-13)22-11-12-6-4-3-5-7-12/h3-10H,2,11H2,1H3,(H,17,19). The summed E-state index contributed by atoms with van der Waals surface area (Å²) >= 11 is 0. The predicted molar refractivity (Wildman–Crippen MR) is 81.9 cm³/mol. The summed E-state index contributed by atoms with van der Waals surface area (Å²) in [5.74, 6) is -0.209. The quantitative estimate of drug-likeness (QED) is 0.657. The number of nitro benzene ring substituents is 1. The monoisotopic (exact) mass is 300 g/mol. The Morgan fingerprint density at radius 2 is 1.95 bits per heavy atom. The first-order chi connectivity index (χ1) is 10.6. The van der Waals surface area contributed by atoms with Crippen LogP contribution in [-0.4, -0.2) is 17.4 Å². The fourth-order valence-electron chi connectivity index (χ4n) is 1.92. The largest absolute Gasteiger partial charge is 0.482 e. The number of hydrogen-bond acceptors (Lipinski definition) is 4. The van der Waals surface area contributed by atoms with Crippen molar-refractivity contribution in [3.63, 3.8) is 0 Å². The molecule has 0 atom stereocenters. The second kappa shape index (κ2) is 7.21. The van der Waals surface area contributed by atoms with E-state index >= 15 is 0 Å². The molecule has 1 amide bonds. The number of benzene rings is 2. The van der Waals surface area contributed by atoms with Gasteiger partial charge in [0.2, 0.25) is 0 Å². The third kappa shape index (κ3) is 3.82. The minimum absolute atomic E-state index is 0.0811. The van der Waals surface area contributed by atoms with E-state index in [2.05, 4.69) is 5.32 Å². The molecule has 6 heteroatoms. The summed E-state index contributed by atoms with van der Waals surface area (Å²) in [6, 6.07) is 13.4. The van der Waals surface area contributed by atoms with Gasteiger partial charge in [-0.05, 0) is 18.6 Å². The van der Waals surface area contributed by atoms with Crippen molar-refractivity contribution in [1.29, 1.82) is 0 Å². The molecule has 22 heavy (non-hydrogen) atoms. The zero-order chi connectivity index (χ0) is 15.9. The third-order valence-electron chi connectivity index (χ3n) is 2.99. The fourth-order valence-corrected chi connectivity index (χ4v) is 1.92. The molecule has 0 aliphatic carbocycles. The Labute approximate surface area is 127 Å². The van der Waals surface area contributed by atoms with Crippen molar-refractivity contribution in [2.75, 3.05) is 6.54 Å². The van der Waals surface area contributed by atoms with Crippen molar-refractivity contribution in [3.8, 4) is 5.75 Å². The van der Waals surface area contributed by atoms with Gasteiger partial charge >= 0.3 is 5.69 Å². The van der Waals surface area contributed by atoms with E-state index in [-0.39, 0.29) is 24.0 Å². The van der Waals surface area contributed by atoms with Crippen LogP contribution in [0.15, 0.2) is 48.5 Å². The van der Waals surface area contributed by atoms with E-state index in [4.69, 9.17) is 4.74 Å². The molecular formula is C16H16N2O4. The number of amides is 1. The lowest BCUT2D eigenvalue weighted by Crippen LogP contribution is -2.22. The molecule has 0 unspecified atom stereocenters. The Hall–Kier alpha value is -2.89. The number of hydrogen-bond donors (Lipinski definition) is 1. The number of carbonyl (C=O) groups excluding carboxylic acids is 1. The molecule has 0 bridgehead atoms. The fraction of sp³-hybridized carbons (Fsp3) is 0.188. The van der Waals surface area contributed by atoms with Crippen LogP contribution in [-0.2, 0) is 6.61 Å². The Bertz CT molecular complexity index is 671. The van der Waals surface area contributed by atoms with Gasteiger partial charge in [-0.25, -0.2) is 0 Å². The molecule has 0 radical (unpaired) electrons. The second-order valence-corrected chi connectivity index (χ2v) is 4.57. The van der Waals surface area contributed by atoms with Crippen LogP contribution in [0.2, 0.25) is 0 Å². The summed E-state index contributed by atoms with van der Waals surface area (Å²) in [7, 11) is 0. The molecule has 0 saturated carbocycles. The molecule has 0 saturated heterocycles. The summed E-state index contributed by atoms with van der Waals surface area (Å²) < 4.78 is 5.53. The first-order valence-electron chi connectivity index (χ1n) is 6.85. The van der Waals surface area contributed by atoms with Crippen molar-refractivity contribution in [2.24, 2.45) is 0 Å². The van der Waals surface area contributed by atoms with Gasteiger partial charge in [-0.3, -0.25) is 14.9 Å². The van der Waals surface area contributed by atoms with Crippen LogP contribution < -0.4 is 10.1 Å². The van der Waals surface area contributed by atoms with Gasteiger partial charge in [0, 0.05) is 24.2 Å². The van der Waals surface area contributed by atoms with E-state index in [1.807, 2.05) is 30.3 Å². The van der Waals surface area contributed by atoms with E-state index in [1.54, 1.807) is 6.92 Å². The number of nitrogens with one attached hydrogen (secondary N) is 1.